The Morgan fingerprint density at radius 2 is 1.96 bits per heavy atom. The van der Waals surface area contributed by atoms with Crippen LogP contribution in [0.15, 0.2) is 53.1 Å². The largest absolute Gasteiger partial charge is 0.350 e. The lowest BCUT2D eigenvalue weighted by Gasteiger charge is -2.13. The molecule has 1 aromatic heterocycles. The van der Waals surface area contributed by atoms with Crippen molar-refractivity contribution >= 4 is 17.5 Å². The maximum atomic E-state index is 13.0. The van der Waals surface area contributed by atoms with Crippen molar-refractivity contribution in [3.63, 3.8) is 0 Å². The lowest BCUT2D eigenvalue weighted by atomic mass is 10.1. The molecule has 0 bridgehead atoms. The summed E-state index contributed by atoms with van der Waals surface area (Å²) in [5.74, 6) is 0.299. The lowest BCUT2D eigenvalue weighted by molar-refractivity contribution is -0.121. The Balaban J connectivity index is 1.55. The summed E-state index contributed by atoms with van der Waals surface area (Å²) in [6, 6.07) is 13.0. The Hall–Kier alpha value is -2.73. The molecule has 0 radical (unpaired) electrons. The van der Waals surface area contributed by atoms with Gasteiger partial charge in [-0.05, 0) is 36.8 Å². The van der Waals surface area contributed by atoms with Crippen LogP contribution in [0.3, 0.4) is 0 Å². The van der Waals surface area contributed by atoms with Crippen LogP contribution < -0.4 is 5.32 Å². The van der Waals surface area contributed by atoms with Gasteiger partial charge in [0.15, 0.2) is 0 Å². The fraction of sp³-hybridized carbons (Fsp3) is 0.211. The molecular formula is C19H17ClFN3O2. The summed E-state index contributed by atoms with van der Waals surface area (Å²) in [7, 11) is 0. The highest BCUT2D eigenvalue weighted by Crippen LogP contribution is 2.25. The molecule has 1 N–H and O–H groups in total. The Bertz CT molecular complexity index is 896. The molecule has 0 aliphatic rings. The lowest BCUT2D eigenvalue weighted by Crippen LogP contribution is -2.26. The molecule has 1 atom stereocenters. The van der Waals surface area contributed by atoms with Gasteiger partial charge >= 0.3 is 0 Å². The van der Waals surface area contributed by atoms with Crippen molar-refractivity contribution in [3.8, 4) is 11.4 Å². The van der Waals surface area contributed by atoms with Crippen molar-refractivity contribution in [1.82, 2.24) is 15.5 Å². The average molecular weight is 374 g/mol. The van der Waals surface area contributed by atoms with Crippen LogP contribution in [0.2, 0.25) is 5.02 Å². The van der Waals surface area contributed by atoms with Gasteiger partial charge in [-0.25, -0.2) is 4.39 Å². The van der Waals surface area contributed by atoms with Crippen LogP contribution in [0.1, 0.15) is 30.8 Å². The third-order valence-electron chi connectivity index (χ3n) is 3.90. The van der Waals surface area contributed by atoms with Gasteiger partial charge in [-0.2, -0.15) is 4.98 Å². The second-order valence-corrected chi connectivity index (χ2v) is 6.24. The van der Waals surface area contributed by atoms with Gasteiger partial charge in [-0.1, -0.05) is 41.0 Å². The number of carbonyl (C=O) groups is 1. The maximum absolute atomic E-state index is 13.0. The van der Waals surface area contributed by atoms with E-state index >= 15 is 0 Å². The molecular weight excluding hydrogens is 357 g/mol. The molecule has 0 aliphatic carbocycles. The topological polar surface area (TPSA) is 68.0 Å². The Kier molecular flexibility index (Phi) is 5.63. The van der Waals surface area contributed by atoms with Gasteiger partial charge in [0.25, 0.3) is 0 Å². The van der Waals surface area contributed by atoms with E-state index in [1.54, 1.807) is 24.3 Å². The van der Waals surface area contributed by atoms with Crippen molar-refractivity contribution in [2.24, 2.45) is 0 Å². The molecule has 1 amide bonds. The van der Waals surface area contributed by atoms with Gasteiger partial charge in [-0.15, -0.1) is 0 Å². The van der Waals surface area contributed by atoms with Crippen LogP contribution in [-0.2, 0) is 11.2 Å². The normalized spacial score (nSPS) is 12.0. The third kappa shape index (κ3) is 4.46. The van der Waals surface area contributed by atoms with E-state index in [-0.39, 0.29) is 24.2 Å². The van der Waals surface area contributed by atoms with E-state index in [1.165, 1.54) is 12.1 Å². The number of rotatable bonds is 6. The van der Waals surface area contributed by atoms with Crippen LogP contribution in [0.4, 0.5) is 4.39 Å². The first kappa shape index (κ1) is 18.1. The first-order valence-corrected chi connectivity index (χ1v) is 8.53. The summed E-state index contributed by atoms with van der Waals surface area (Å²) >= 11 is 6.11. The van der Waals surface area contributed by atoms with Crippen molar-refractivity contribution in [1.29, 1.82) is 0 Å². The van der Waals surface area contributed by atoms with E-state index in [2.05, 4.69) is 15.5 Å². The van der Waals surface area contributed by atoms with Gasteiger partial charge in [0.2, 0.25) is 17.6 Å². The number of amides is 1. The van der Waals surface area contributed by atoms with Crippen LogP contribution in [0.25, 0.3) is 11.4 Å². The summed E-state index contributed by atoms with van der Waals surface area (Å²) in [6.45, 7) is 1.84. The predicted octanol–water partition coefficient (Wildman–Crippen LogP) is 4.34. The SMILES string of the molecule is CC(NC(=O)CCc1nc(-c2ccccc2Cl)no1)c1ccc(F)cc1. The third-order valence-corrected chi connectivity index (χ3v) is 4.23. The number of aromatic nitrogens is 2. The monoisotopic (exact) mass is 373 g/mol. The number of hydrogen-bond acceptors (Lipinski definition) is 4. The molecule has 2 aromatic carbocycles. The Labute approximate surface area is 155 Å². The van der Waals surface area contributed by atoms with Gasteiger partial charge < -0.3 is 9.84 Å². The van der Waals surface area contributed by atoms with Crippen molar-refractivity contribution < 1.29 is 13.7 Å². The minimum Gasteiger partial charge on any atom is -0.350 e. The van der Waals surface area contributed by atoms with Crippen molar-refractivity contribution in [3.05, 3.63) is 70.8 Å². The van der Waals surface area contributed by atoms with E-state index in [4.69, 9.17) is 16.1 Å². The van der Waals surface area contributed by atoms with Gasteiger partial charge in [-0.3, -0.25) is 4.79 Å². The minimum atomic E-state index is -0.307. The van der Waals surface area contributed by atoms with Crippen molar-refractivity contribution in [2.75, 3.05) is 0 Å². The molecule has 7 heteroatoms. The number of nitrogens with zero attached hydrogens (tertiary/aromatic N) is 2. The van der Waals surface area contributed by atoms with Gasteiger partial charge in [0.05, 0.1) is 11.1 Å². The Morgan fingerprint density at radius 1 is 1.23 bits per heavy atom. The Morgan fingerprint density at radius 3 is 2.69 bits per heavy atom. The fourth-order valence-corrected chi connectivity index (χ4v) is 2.70. The zero-order valence-electron chi connectivity index (χ0n) is 14.1. The summed E-state index contributed by atoms with van der Waals surface area (Å²) in [5.41, 5.74) is 1.51. The average Bonchev–Trinajstić information content (AvgIpc) is 3.09. The zero-order chi connectivity index (χ0) is 18.5. The number of nitrogens with one attached hydrogen (secondary N) is 1. The molecule has 0 saturated heterocycles. The predicted molar refractivity (Wildman–Crippen MR) is 96.0 cm³/mol. The number of halogens is 2. The first-order valence-electron chi connectivity index (χ1n) is 8.15. The van der Waals surface area contributed by atoms with E-state index < -0.39 is 0 Å². The number of benzene rings is 2. The summed E-state index contributed by atoms with van der Waals surface area (Å²) in [5, 5.41) is 7.30. The fourth-order valence-electron chi connectivity index (χ4n) is 2.48. The van der Waals surface area contributed by atoms with E-state index in [0.717, 1.165) is 5.56 Å². The smallest absolute Gasteiger partial charge is 0.227 e. The summed E-state index contributed by atoms with van der Waals surface area (Å²) in [6.07, 6.45) is 0.523. The zero-order valence-corrected chi connectivity index (χ0v) is 14.8. The van der Waals surface area contributed by atoms with Gasteiger partial charge in [0, 0.05) is 18.4 Å². The van der Waals surface area contributed by atoms with Crippen LogP contribution >= 0.6 is 11.6 Å². The molecule has 5 nitrogen and oxygen atoms in total. The van der Waals surface area contributed by atoms with Crippen LogP contribution in [0, 0.1) is 5.82 Å². The second kappa shape index (κ2) is 8.10. The molecule has 0 spiro atoms. The summed E-state index contributed by atoms with van der Waals surface area (Å²) in [4.78, 5) is 16.4. The molecule has 134 valence electrons. The van der Waals surface area contributed by atoms with E-state index in [0.29, 0.717) is 28.7 Å². The maximum Gasteiger partial charge on any atom is 0.227 e. The molecule has 0 aliphatic heterocycles. The molecule has 3 aromatic rings. The summed E-state index contributed by atoms with van der Waals surface area (Å²) < 4.78 is 18.1. The van der Waals surface area contributed by atoms with Gasteiger partial charge in [0.1, 0.15) is 5.82 Å². The molecule has 26 heavy (non-hydrogen) atoms. The number of carbonyl (C=O) groups excluding carboxylic acids is 1. The van der Waals surface area contributed by atoms with Crippen LogP contribution in [0.5, 0.6) is 0 Å². The highest BCUT2D eigenvalue weighted by Gasteiger charge is 2.14. The molecule has 1 unspecified atom stereocenters. The van der Waals surface area contributed by atoms with Crippen molar-refractivity contribution in [2.45, 2.75) is 25.8 Å². The van der Waals surface area contributed by atoms with E-state index in [1.807, 2.05) is 19.1 Å². The molecule has 3 rings (SSSR count). The highest BCUT2D eigenvalue weighted by atomic mass is 35.5. The molecule has 0 fully saturated rings. The minimum absolute atomic E-state index is 0.153. The van der Waals surface area contributed by atoms with E-state index in [9.17, 15) is 9.18 Å². The second-order valence-electron chi connectivity index (χ2n) is 5.83. The number of aryl methyl sites for hydroxylation is 1. The highest BCUT2D eigenvalue weighted by molar-refractivity contribution is 6.33. The van der Waals surface area contributed by atoms with Crippen LogP contribution in [-0.4, -0.2) is 16.0 Å². The standard InChI is InChI=1S/C19H17ClFN3O2/c1-12(13-6-8-14(21)9-7-13)22-17(25)10-11-18-23-19(24-26-18)15-4-2-3-5-16(15)20/h2-9,12H,10-11H2,1H3,(H,22,25). The quantitative estimate of drug-likeness (QED) is 0.698. The first-order chi connectivity index (χ1) is 12.5. The molecule has 1 heterocycles. The molecule has 0 saturated carbocycles. The number of hydrogen-bond donors (Lipinski definition) is 1.